The lowest BCUT2D eigenvalue weighted by Crippen LogP contribution is -2.15. The summed E-state index contributed by atoms with van der Waals surface area (Å²) in [6.45, 7) is 0. The average molecular weight is 435 g/mol. The van der Waals surface area contributed by atoms with Gasteiger partial charge in [0, 0.05) is 23.6 Å². The van der Waals surface area contributed by atoms with Gasteiger partial charge in [-0.2, -0.15) is 0 Å². The lowest BCUT2D eigenvalue weighted by Gasteiger charge is -2.11. The van der Waals surface area contributed by atoms with Crippen molar-refractivity contribution in [3.63, 3.8) is 0 Å². The van der Waals surface area contributed by atoms with Crippen molar-refractivity contribution in [2.24, 2.45) is 0 Å². The topological polar surface area (TPSA) is 81.9 Å². The number of hydrogen-bond donors (Lipinski definition) is 1. The van der Waals surface area contributed by atoms with Gasteiger partial charge in [-0.1, -0.05) is 23.9 Å². The maximum Gasteiger partial charge on any atom is 0.234 e. The molecule has 156 valence electrons. The summed E-state index contributed by atoms with van der Waals surface area (Å²) in [5.74, 6) is 0.521. The van der Waals surface area contributed by atoms with Crippen molar-refractivity contribution in [1.82, 2.24) is 19.7 Å². The highest BCUT2D eigenvalue weighted by Gasteiger charge is 2.18. The summed E-state index contributed by atoms with van der Waals surface area (Å²) in [7, 11) is 1.60. The van der Waals surface area contributed by atoms with Gasteiger partial charge in [-0.3, -0.25) is 14.3 Å². The Morgan fingerprint density at radius 3 is 2.61 bits per heavy atom. The SMILES string of the molecule is COc1ccc(-n2c(SCC(=O)Nc3ccccc3F)nnc2-c2cccnc2)cc1. The fourth-order valence-corrected chi connectivity index (χ4v) is 3.64. The van der Waals surface area contributed by atoms with Gasteiger partial charge in [0.05, 0.1) is 18.6 Å². The summed E-state index contributed by atoms with van der Waals surface area (Å²) < 4.78 is 20.9. The van der Waals surface area contributed by atoms with Gasteiger partial charge in [-0.15, -0.1) is 10.2 Å². The number of halogens is 1. The Balaban J connectivity index is 1.60. The second kappa shape index (κ2) is 9.40. The first-order valence-corrected chi connectivity index (χ1v) is 10.3. The van der Waals surface area contributed by atoms with Crippen molar-refractivity contribution in [2.75, 3.05) is 18.2 Å². The molecule has 1 N–H and O–H groups in total. The van der Waals surface area contributed by atoms with Gasteiger partial charge < -0.3 is 10.1 Å². The van der Waals surface area contributed by atoms with Gasteiger partial charge in [0.25, 0.3) is 0 Å². The normalized spacial score (nSPS) is 10.6. The molecule has 2 aromatic carbocycles. The number of hydrogen-bond acceptors (Lipinski definition) is 6. The molecule has 0 saturated heterocycles. The van der Waals surface area contributed by atoms with Crippen molar-refractivity contribution < 1.29 is 13.9 Å². The number of nitrogens with zero attached hydrogens (tertiary/aromatic N) is 4. The summed E-state index contributed by atoms with van der Waals surface area (Å²) in [4.78, 5) is 16.5. The largest absolute Gasteiger partial charge is 0.497 e. The molecule has 0 radical (unpaired) electrons. The highest BCUT2D eigenvalue weighted by molar-refractivity contribution is 7.99. The lowest BCUT2D eigenvalue weighted by atomic mass is 10.2. The zero-order valence-electron chi connectivity index (χ0n) is 16.5. The molecule has 0 atom stereocenters. The van der Waals surface area contributed by atoms with E-state index in [1.807, 2.05) is 41.0 Å². The van der Waals surface area contributed by atoms with Gasteiger partial charge in [0.1, 0.15) is 11.6 Å². The molecule has 0 unspecified atom stereocenters. The number of benzene rings is 2. The van der Waals surface area contributed by atoms with Gasteiger partial charge in [0.2, 0.25) is 5.91 Å². The van der Waals surface area contributed by atoms with Crippen molar-refractivity contribution in [3.05, 3.63) is 78.9 Å². The fourth-order valence-electron chi connectivity index (χ4n) is 2.89. The summed E-state index contributed by atoms with van der Waals surface area (Å²) in [5, 5.41) is 11.7. The van der Waals surface area contributed by atoms with E-state index < -0.39 is 5.82 Å². The Kier molecular flexibility index (Phi) is 6.23. The van der Waals surface area contributed by atoms with E-state index in [0.29, 0.717) is 11.0 Å². The molecule has 0 aliphatic heterocycles. The molecular weight excluding hydrogens is 417 g/mol. The zero-order valence-corrected chi connectivity index (χ0v) is 17.3. The Bertz CT molecular complexity index is 1180. The molecule has 0 fully saturated rings. The van der Waals surface area contributed by atoms with E-state index in [9.17, 15) is 9.18 Å². The van der Waals surface area contributed by atoms with Crippen LogP contribution in [0.15, 0.2) is 78.2 Å². The minimum atomic E-state index is -0.485. The number of carbonyl (C=O) groups excluding carboxylic acids is 1. The maximum atomic E-state index is 13.8. The Labute approximate surface area is 182 Å². The van der Waals surface area contributed by atoms with E-state index in [1.165, 1.54) is 23.9 Å². The first-order valence-electron chi connectivity index (χ1n) is 9.33. The van der Waals surface area contributed by atoms with Crippen LogP contribution in [0.3, 0.4) is 0 Å². The van der Waals surface area contributed by atoms with Gasteiger partial charge in [-0.05, 0) is 48.5 Å². The number of anilines is 1. The van der Waals surface area contributed by atoms with Crippen LogP contribution in [-0.2, 0) is 4.79 Å². The number of pyridine rings is 1. The van der Waals surface area contributed by atoms with E-state index in [0.717, 1.165) is 17.0 Å². The molecule has 31 heavy (non-hydrogen) atoms. The zero-order chi connectivity index (χ0) is 21.6. The van der Waals surface area contributed by atoms with Gasteiger partial charge in [-0.25, -0.2) is 4.39 Å². The standard InChI is InChI=1S/C22H18FN5O2S/c1-30-17-10-8-16(9-11-17)28-21(15-5-4-12-24-13-15)26-27-22(28)31-14-20(29)25-19-7-3-2-6-18(19)23/h2-13H,14H2,1H3,(H,25,29). The number of ether oxygens (including phenoxy) is 1. The minimum absolute atomic E-state index is 0.0374. The summed E-state index contributed by atoms with van der Waals surface area (Å²) in [6.07, 6.45) is 3.38. The summed E-state index contributed by atoms with van der Waals surface area (Å²) in [5.41, 5.74) is 1.73. The van der Waals surface area contributed by atoms with Crippen LogP contribution in [0, 0.1) is 5.82 Å². The van der Waals surface area contributed by atoms with Crippen LogP contribution < -0.4 is 10.1 Å². The highest BCUT2D eigenvalue weighted by atomic mass is 32.2. The fraction of sp³-hybridized carbons (Fsp3) is 0.0909. The molecular formula is C22H18FN5O2S. The third kappa shape index (κ3) is 4.72. The Morgan fingerprint density at radius 1 is 1.10 bits per heavy atom. The van der Waals surface area contributed by atoms with Crippen LogP contribution >= 0.6 is 11.8 Å². The minimum Gasteiger partial charge on any atom is -0.497 e. The number of methoxy groups -OCH3 is 1. The monoisotopic (exact) mass is 435 g/mol. The molecule has 9 heteroatoms. The number of rotatable bonds is 7. The first-order chi connectivity index (χ1) is 15.2. The number of thioether (sulfide) groups is 1. The quantitative estimate of drug-likeness (QED) is 0.438. The van der Waals surface area contributed by atoms with Crippen LogP contribution in [0.25, 0.3) is 17.1 Å². The number of amides is 1. The van der Waals surface area contributed by atoms with Crippen molar-refractivity contribution >= 4 is 23.4 Å². The van der Waals surface area contributed by atoms with Crippen LogP contribution in [0.5, 0.6) is 5.75 Å². The van der Waals surface area contributed by atoms with Crippen molar-refractivity contribution in [3.8, 4) is 22.8 Å². The number of nitrogens with one attached hydrogen (secondary N) is 1. The molecule has 0 spiro atoms. The molecule has 1 amide bonds. The van der Waals surface area contributed by atoms with Crippen molar-refractivity contribution in [2.45, 2.75) is 5.16 Å². The summed E-state index contributed by atoms with van der Waals surface area (Å²) in [6, 6.07) is 17.2. The van der Waals surface area contributed by atoms with Crippen molar-refractivity contribution in [1.29, 1.82) is 0 Å². The predicted molar refractivity (Wildman–Crippen MR) is 117 cm³/mol. The van der Waals surface area contributed by atoms with E-state index >= 15 is 0 Å². The number of aromatic nitrogens is 4. The molecule has 0 bridgehead atoms. The molecule has 2 aromatic heterocycles. The van der Waals surface area contributed by atoms with E-state index in [4.69, 9.17) is 4.74 Å². The third-order valence-electron chi connectivity index (χ3n) is 4.36. The second-order valence-corrected chi connectivity index (χ2v) is 7.34. The smallest absolute Gasteiger partial charge is 0.234 e. The Morgan fingerprint density at radius 2 is 1.90 bits per heavy atom. The van der Waals surface area contributed by atoms with E-state index in [-0.39, 0.29) is 17.3 Å². The maximum absolute atomic E-state index is 13.8. The van der Waals surface area contributed by atoms with Crippen LogP contribution in [0.2, 0.25) is 0 Å². The molecule has 4 aromatic rings. The first kappa shape index (κ1) is 20.5. The second-order valence-electron chi connectivity index (χ2n) is 6.40. The Hall–Kier alpha value is -3.72. The van der Waals surface area contributed by atoms with E-state index in [2.05, 4.69) is 20.5 Å². The number of carbonyl (C=O) groups is 1. The molecule has 7 nitrogen and oxygen atoms in total. The van der Waals surface area contributed by atoms with E-state index in [1.54, 1.807) is 31.6 Å². The van der Waals surface area contributed by atoms with Gasteiger partial charge in [0.15, 0.2) is 11.0 Å². The predicted octanol–water partition coefficient (Wildman–Crippen LogP) is 4.21. The molecule has 0 aliphatic rings. The molecule has 0 saturated carbocycles. The average Bonchev–Trinajstić information content (AvgIpc) is 3.24. The number of para-hydroxylation sites is 1. The third-order valence-corrected chi connectivity index (χ3v) is 5.29. The molecule has 2 heterocycles. The lowest BCUT2D eigenvalue weighted by molar-refractivity contribution is -0.113. The highest BCUT2D eigenvalue weighted by Crippen LogP contribution is 2.28. The summed E-state index contributed by atoms with van der Waals surface area (Å²) >= 11 is 1.20. The molecule has 4 rings (SSSR count). The van der Waals surface area contributed by atoms with Crippen LogP contribution in [0.1, 0.15) is 0 Å². The van der Waals surface area contributed by atoms with Crippen LogP contribution in [-0.4, -0.2) is 38.5 Å². The van der Waals surface area contributed by atoms with Gasteiger partial charge >= 0.3 is 0 Å². The van der Waals surface area contributed by atoms with Crippen LogP contribution in [0.4, 0.5) is 10.1 Å². The molecule has 0 aliphatic carbocycles.